The van der Waals surface area contributed by atoms with E-state index in [1.807, 2.05) is 0 Å². The Morgan fingerprint density at radius 3 is 2.95 bits per heavy atom. The number of methoxy groups -OCH3 is 1. The molecule has 2 atom stereocenters. The van der Waals surface area contributed by atoms with E-state index in [-0.39, 0.29) is 23.6 Å². The fourth-order valence-electron chi connectivity index (χ4n) is 2.48. The molecule has 0 aromatic heterocycles. The van der Waals surface area contributed by atoms with Gasteiger partial charge in [0.25, 0.3) is 5.91 Å². The Balaban J connectivity index is 2.09. The van der Waals surface area contributed by atoms with Crippen LogP contribution in [0.2, 0.25) is 0 Å². The highest BCUT2D eigenvalue weighted by Gasteiger charge is 2.22. The maximum Gasteiger partial charge on any atom is 0.255 e. The molecule has 0 aliphatic heterocycles. The lowest BCUT2D eigenvalue weighted by atomic mass is 9.91. The van der Waals surface area contributed by atoms with E-state index in [2.05, 4.69) is 5.32 Å². The molecule has 1 fully saturated rings. The summed E-state index contributed by atoms with van der Waals surface area (Å²) in [6, 6.07) is 4.11. The van der Waals surface area contributed by atoms with Crippen molar-refractivity contribution in [2.24, 2.45) is 5.73 Å². The number of ether oxygens (including phenoxy) is 1. The first-order chi connectivity index (χ1) is 9.10. The average molecular weight is 266 g/mol. The summed E-state index contributed by atoms with van der Waals surface area (Å²) in [6.45, 7) is 0. The van der Waals surface area contributed by atoms with Crippen LogP contribution in [0.1, 0.15) is 36.0 Å². The SMILES string of the molecule is COc1ccc(F)cc1C(=O)NC1CCCC(N)C1. The first-order valence-electron chi connectivity index (χ1n) is 6.50. The van der Waals surface area contributed by atoms with Crippen molar-refractivity contribution in [1.29, 1.82) is 0 Å². The van der Waals surface area contributed by atoms with Gasteiger partial charge in [-0.1, -0.05) is 0 Å². The van der Waals surface area contributed by atoms with Gasteiger partial charge < -0.3 is 15.8 Å². The molecule has 1 amide bonds. The van der Waals surface area contributed by atoms with Crippen molar-refractivity contribution in [2.75, 3.05) is 7.11 Å². The third-order valence-electron chi connectivity index (χ3n) is 3.46. The predicted octanol–water partition coefficient (Wildman–Crippen LogP) is 1.83. The zero-order valence-corrected chi connectivity index (χ0v) is 11.0. The molecule has 0 radical (unpaired) electrons. The molecule has 2 unspecified atom stereocenters. The van der Waals surface area contributed by atoms with Gasteiger partial charge >= 0.3 is 0 Å². The van der Waals surface area contributed by atoms with Gasteiger partial charge in [-0.2, -0.15) is 0 Å². The summed E-state index contributed by atoms with van der Waals surface area (Å²) < 4.78 is 18.3. The summed E-state index contributed by atoms with van der Waals surface area (Å²) in [6.07, 6.45) is 3.68. The van der Waals surface area contributed by atoms with Crippen molar-refractivity contribution in [3.8, 4) is 5.75 Å². The molecular weight excluding hydrogens is 247 g/mol. The first kappa shape index (κ1) is 13.8. The number of halogens is 1. The molecule has 4 nitrogen and oxygen atoms in total. The van der Waals surface area contributed by atoms with Crippen LogP contribution in [0.5, 0.6) is 5.75 Å². The van der Waals surface area contributed by atoms with Gasteiger partial charge in [0.2, 0.25) is 0 Å². The van der Waals surface area contributed by atoms with Crippen LogP contribution in [0.15, 0.2) is 18.2 Å². The van der Waals surface area contributed by atoms with Crippen LogP contribution in [0.3, 0.4) is 0 Å². The molecule has 1 saturated carbocycles. The molecule has 1 aliphatic carbocycles. The summed E-state index contributed by atoms with van der Waals surface area (Å²) >= 11 is 0. The summed E-state index contributed by atoms with van der Waals surface area (Å²) in [5.74, 6) is -0.388. The number of rotatable bonds is 3. The van der Waals surface area contributed by atoms with Crippen LogP contribution >= 0.6 is 0 Å². The van der Waals surface area contributed by atoms with Crippen molar-refractivity contribution in [2.45, 2.75) is 37.8 Å². The van der Waals surface area contributed by atoms with Gasteiger partial charge in [-0.05, 0) is 43.9 Å². The Morgan fingerprint density at radius 2 is 2.26 bits per heavy atom. The summed E-state index contributed by atoms with van der Waals surface area (Å²) in [7, 11) is 1.46. The minimum atomic E-state index is -0.453. The number of hydrogen-bond donors (Lipinski definition) is 2. The third kappa shape index (κ3) is 3.44. The van der Waals surface area contributed by atoms with Crippen molar-refractivity contribution in [1.82, 2.24) is 5.32 Å². The first-order valence-corrected chi connectivity index (χ1v) is 6.50. The lowest BCUT2D eigenvalue weighted by Crippen LogP contribution is -2.42. The zero-order chi connectivity index (χ0) is 13.8. The average Bonchev–Trinajstić information content (AvgIpc) is 2.38. The second kappa shape index (κ2) is 6.02. The molecule has 0 saturated heterocycles. The number of carbonyl (C=O) groups excluding carboxylic acids is 1. The maximum absolute atomic E-state index is 13.2. The molecule has 0 spiro atoms. The number of benzene rings is 1. The van der Waals surface area contributed by atoms with E-state index in [0.717, 1.165) is 25.7 Å². The molecule has 1 aromatic carbocycles. The Kier molecular flexibility index (Phi) is 4.37. The normalized spacial score (nSPS) is 22.9. The van der Waals surface area contributed by atoms with Crippen LogP contribution in [0.25, 0.3) is 0 Å². The van der Waals surface area contributed by atoms with E-state index in [0.29, 0.717) is 5.75 Å². The van der Waals surface area contributed by atoms with Gasteiger partial charge in [-0.25, -0.2) is 4.39 Å². The van der Waals surface area contributed by atoms with E-state index in [4.69, 9.17) is 10.5 Å². The monoisotopic (exact) mass is 266 g/mol. The quantitative estimate of drug-likeness (QED) is 0.877. The van der Waals surface area contributed by atoms with Crippen LogP contribution in [-0.4, -0.2) is 25.1 Å². The zero-order valence-electron chi connectivity index (χ0n) is 11.0. The Bertz CT molecular complexity index is 465. The topological polar surface area (TPSA) is 64.3 Å². The molecule has 104 valence electrons. The second-order valence-electron chi connectivity index (χ2n) is 4.94. The van der Waals surface area contributed by atoms with E-state index in [1.54, 1.807) is 0 Å². The van der Waals surface area contributed by atoms with E-state index >= 15 is 0 Å². The summed E-state index contributed by atoms with van der Waals surface area (Å²) in [4.78, 5) is 12.2. The van der Waals surface area contributed by atoms with Gasteiger partial charge in [0.05, 0.1) is 12.7 Å². The van der Waals surface area contributed by atoms with Crippen molar-refractivity contribution in [3.63, 3.8) is 0 Å². The van der Waals surface area contributed by atoms with Crippen LogP contribution in [0, 0.1) is 5.82 Å². The number of hydrogen-bond acceptors (Lipinski definition) is 3. The third-order valence-corrected chi connectivity index (χ3v) is 3.46. The van der Waals surface area contributed by atoms with Gasteiger partial charge in [0, 0.05) is 12.1 Å². The van der Waals surface area contributed by atoms with Gasteiger partial charge in [0.15, 0.2) is 0 Å². The molecule has 1 aromatic rings. The smallest absolute Gasteiger partial charge is 0.255 e. The van der Waals surface area contributed by atoms with Crippen molar-refractivity contribution >= 4 is 5.91 Å². The molecule has 19 heavy (non-hydrogen) atoms. The Hall–Kier alpha value is -1.62. The van der Waals surface area contributed by atoms with E-state index < -0.39 is 5.82 Å². The summed E-state index contributed by atoms with van der Waals surface area (Å²) in [5.41, 5.74) is 6.11. The fraction of sp³-hybridized carbons (Fsp3) is 0.500. The fourth-order valence-corrected chi connectivity index (χ4v) is 2.48. The predicted molar refractivity (Wildman–Crippen MR) is 70.6 cm³/mol. The van der Waals surface area contributed by atoms with Gasteiger partial charge in [-0.3, -0.25) is 4.79 Å². The largest absolute Gasteiger partial charge is 0.496 e. The molecule has 0 bridgehead atoms. The maximum atomic E-state index is 13.2. The van der Waals surface area contributed by atoms with E-state index in [1.165, 1.54) is 25.3 Å². The molecule has 3 N–H and O–H groups in total. The standard InChI is InChI=1S/C14H19FN2O2/c1-19-13-6-5-9(15)7-12(13)14(18)17-11-4-2-3-10(16)8-11/h5-7,10-11H,2-4,8,16H2,1H3,(H,17,18). The lowest BCUT2D eigenvalue weighted by molar-refractivity contribution is 0.0922. The molecule has 1 aliphatic rings. The van der Waals surface area contributed by atoms with Gasteiger partial charge in [-0.15, -0.1) is 0 Å². The molecule has 5 heteroatoms. The van der Waals surface area contributed by atoms with Crippen LogP contribution in [-0.2, 0) is 0 Å². The highest BCUT2D eigenvalue weighted by atomic mass is 19.1. The lowest BCUT2D eigenvalue weighted by Gasteiger charge is -2.27. The highest BCUT2D eigenvalue weighted by molar-refractivity contribution is 5.97. The minimum absolute atomic E-state index is 0.0595. The second-order valence-corrected chi connectivity index (χ2v) is 4.94. The molecule has 0 heterocycles. The van der Waals surface area contributed by atoms with Gasteiger partial charge in [0.1, 0.15) is 11.6 Å². The molecular formula is C14H19FN2O2. The van der Waals surface area contributed by atoms with Crippen molar-refractivity contribution in [3.05, 3.63) is 29.6 Å². The van der Waals surface area contributed by atoms with E-state index in [9.17, 15) is 9.18 Å². The number of carbonyl (C=O) groups is 1. The Labute approximate surface area is 112 Å². The number of amides is 1. The molecule has 2 rings (SSSR count). The number of nitrogens with two attached hydrogens (primary N) is 1. The summed E-state index contributed by atoms with van der Waals surface area (Å²) in [5, 5.41) is 2.90. The number of nitrogens with one attached hydrogen (secondary N) is 1. The highest BCUT2D eigenvalue weighted by Crippen LogP contribution is 2.21. The minimum Gasteiger partial charge on any atom is -0.496 e. The van der Waals surface area contributed by atoms with Crippen molar-refractivity contribution < 1.29 is 13.9 Å². The van der Waals surface area contributed by atoms with Crippen LogP contribution in [0.4, 0.5) is 4.39 Å². The van der Waals surface area contributed by atoms with Crippen LogP contribution < -0.4 is 15.8 Å². The Morgan fingerprint density at radius 1 is 1.47 bits per heavy atom.